The minimum atomic E-state index is -0.618. The second-order valence-electron chi connectivity index (χ2n) is 7.60. The van der Waals surface area contributed by atoms with Crippen molar-refractivity contribution in [2.75, 3.05) is 6.61 Å². The van der Waals surface area contributed by atoms with E-state index in [-0.39, 0.29) is 17.5 Å². The molecule has 0 radical (unpaired) electrons. The number of carbonyl (C=O) groups is 1. The van der Waals surface area contributed by atoms with Gasteiger partial charge in [-0.3, -0.25) is 9.59 Å². The number of ether oxygens (including phenoxy) is 1. The first-order chi connectivity index (χ1) is 12.8. The SMILES string of the molecule is CC(C)(N)c1c[nH]c(=O)c2cc3ccnc(OCC4CCC(=O)N4)c3cc12. The lowest BCUT2D eigenvalue weighted by Crippen LogP contribution is -2.31. The smallest absolute Gasteiger partial charge is 0.255 e. The summed E-state index contributed by atoms with van der Waals surface area (Å²) in [5.41, 5.74) is 6.37. The number of nitrogens with two attached hydrogens (primary N) is 1. The maximum absolute atomic E-state index is 12.3. The Morgan fingerprint density at radius 3 is 2.78 bits per heavy atom. The van der Waals surface area contributed by atoms with Gasteiger partial charge in [-0.15, -0.1) is 0 Å². The molecule has 0 saturated carbocycles. The van der Waals surface area contributed by atoms with Crippen molar-refractivity contribution in [1.29, 1.82) is 0 Å². The van der Waals surface area contributed by atoms with Gasteiger partial charge in [-0.05, 0) is 54.8 Å². The Bertz CT molecular complexity index is 1100. The van der Waals surface area contributed by atoms with Crippen molar-refractivity contribution < 1.29 is 9.53 Å². The number of nitrogens with zero attached hydrogens (tertiary/aromatic N) is 1. The Balaban J connectivity index is 1.81. The third-order valence-corrected chi connectivity index (χ3v) is 4.95. The first-order valence-electron chi connectivity index (χ1n) is 8.98. The van der Waals surface area contributed by atoms with Gasteiger partial charge in [0.2, 0.25) is 11.8 Å². The Hall–Kier alpha value is -2.93. The minimum Gasteiger partial charge on any atom is -0.475 e. The van der Waals surface area contributed by atoms with Crippen LogP contribution < -0.4 is 21.3 Å². The van der Waals surface area contributed by atoms with Gasteiger partial charge in [0.25, 0.3) is 5.56 Å². The summed E-state index contributed by atoms with van der Waals surface area (Å²) in [5.74, 6) is 0.533. The van der Waals surface area contributed by atoms with Crippen LogP contribution in [0.15, 0.2) is 35.4 Å². The van der Waals surface area contributed by atoms with Crippen molar-refractivity contribution in [2.45, 2.75) is 38.3 Å². The van der Waals surface area contributed by atoms with Gasteiger partial charge in [0.05, 0.1) is 6.04 Å². The molecule has 27 heavy (non-hydrogen) atoms. The van der Waals surface area contributed by atoms with Gasteiger partial charge in [0.15, 0.2) is 0 Å². The molecule has 4 rings (SSSR count). The van der Waals surface area contributed by atoms with Crippen LogP contribution in [-0.4, -0.2) is 28.5 Å². The van der Waals surface area contributed by atoms with Crippen molar-refractivity contribution in [3.05, 3.63) is 46.5 Å². The lowest BCUT2D eigenvalue weighted by atomic mass is 9.91. The number of amides is 1. The summed E-state index contributed by atoms with van der Waals surface area (Å²) in [6.45, 7) is 4.15. The molecule has 4 N–H and O–H groups in total. The van der Waals surface area contributed by atoms with Crippen molar-refractivity contribution in [3.8, 4) is 5.88 Å². The number of rotatable bonds is 4. The summed E-state index contributed by atoms with van der Waals surface area (Å²) in [5, 5.41) is 5.92. The van der Waals surface area contributed by atoms with Crippen LogP contribution in [0.3, 0.4) is 0 Å². The van der Waals surface area contributed by atoms with Crippen LogP contribution >= 0.6 is 0 Å². The van der Waals surface area contributed by atoms with Crippen LogP contribution in [0.1, 0.15) is 32.3 Å². The maximum atomic E-state index is 12.3. The Labute approximate surface area is 155 Å². The predicted molar refractivity (Wildman–Crippen MR) is 104 cm³/mol. The summed E-state index contributed by atoms with van der Waals surface area (Å²) in [6.07, 6.45) is 4.61. The van der Waals surface area contributed by atoms with Crippen LogP contribution in [0.4, 0.5) is 0 Å². The zero-order valence-electron chi connectivity index (χ0n) is 15.3. The third kappa shape index (κ3) is 3.26. The summed E-state index contributed by atoms with van der Waals surface area (Å²) in [7, 11) is 0. The summed E-state index contributed by atoms with van der Waals surface area (Å²) >= 11 is 0. The van der Waals surface area contributed by atoms with Crippen LogP contribution in [-0.2, 0) is 10.3 Å². The van der Waals surface area contributed by atoms with Crippen LogP contribution in [0.5, 0.6) is 5.88 Å². The highest BCUT2D eigenvalue weighted by Gasteiger charge is 2.22. The number of aromatic nitrogens is 2. The molecule has 1 saturated heterocycles. The minimum absolute atomic E-state index is 0.00334. The van der Waals surface area contributed by atoms with Crippen molar-refractivity contribution in [1.82, 2.24) is 15.3 Å². The predicted octanol–water partition coefficient (Wildman–Crippen LogP) is 1.93. The Kier molecular flexibility index (Phi) is 4.11. The molecule has 1 aromatic carbocycles. The fourth-order valence-corrected chi connectivity index (χ4v) is 3.53. The highest BCUT2D eigenvalue weighted by Crippen LogP contribution is 2.31. The van der Waals surface area contributed by atoms with Crippen molar-refractivity contribution in [3.63, 3.8) is 0 Å². The van der Waals surface area contributed by atoms with Crippen LogP contribution in [0.2, 0.25) is 0 Å². The highest BCUT2D eigenvalue weighted by molar-refractivity contribution is 6.01. The first-order valence-corrected chi connectivity index (χ1v) is 8.98. The molecule has 7 nitrogen and oxygen atoms in total. The molecular formula is C20H22N4O3. The van der Waals surface area contributed by atoms with E-state index in [2.05, 4.69) is 15.3 Å². The molecule has 0 spiro atoms. The average molecular weight is 366 g/mol. The number of H-pyrrole nitrogens is 1. The summed E-state index contributed by atoms with van der Waals surface area (Å²) < 4.78 is 5.91. The number of carbonyl (C=O) groups excluding carboxylic acids is 1. The quantitative estimate of drug-likeness (QED) is 0.611. The Morgan fingerprint density at radius 2 is 2.07 bits per heavy atom. The second-order valence-corrected chi connectivity index (χ2v) is 7.60. The van der Waals surface area contributed by atoms with Gasteiger partial charge < -0.3 is 20.8 Å². The van der Waals surface area contributed by atoms with Gasteiger partial charge in [-0.2, -0.15) is 0 Å². The number of fused-ring (bicyclic) bond motifs is 2. The molecule has 7 heteroatoms. The van der Waals surface area contributed by atoms with Crippen molar-refractivity contribution in [2.24, 2.45) is 5.73 Å². The largest absolute Gasteiger partial charge is 0.475 e. The molecular weight excluding hydrogens is 344 g/mol. The normalized spacial score (nSPS) is 17.4. The Morgan fingerprint density at radius 1 is 1.26 bits per heavy atom. The molecule has 0 bridgehead atoms. The number of benzene rings is 1. The fourth-order valence-electron chi connectivity index (χ4n) is 3.53. The van der Waals surface area contributed by atoms with E-state index in [4.69, 9.17) is 10.5 Å². The van der Waals surface area contributed by atoms with E-state index < -0.39 is 5.54 Å². The third-order valence-electron chi connectivity index (χ3n) is 4.95. The van der Waals surface area contributed by atoms with Gasteiger partial charge in [-0.1, -0.05) is 0 Å². The molecule has 1 fully saturated rings. The first kappa shape index (κ1) is 17.5. The number of aromatic amines is 1. The topological polar surface area (TPSA) is 110 Å². The molecule has 2 aromatic heterocycles. The molecule has 1 atom stereocenters. The van der Waals surface area contributed by atoms with E-state index in [9.17, 15) is 9.59 Å². The van der Waals surface area contributed by atoms with E-state index in [1.807, 2.05) is 32.0 Å². The summed E-state index contributed by atoms with van der Waals surface area (Å²) in [6, 6.07) is 5.60. The van der Waals surface area contributed by atoms with E-state index in [1.54, 1.807) is 12.4 Å². The van der Waals surface area contributed by atoms with Gasteiger partial charge >= 0.3 is 0 Å². The number of hydrogen-bond donors (Lipinski definition) is 3. The molecule has 1 unspecified atom stereocenters. The van der Waals surface area contributed by atoms with Crippen LogP contribution in [0, 0.1) is 0 Å². The zero-order chi connectivity index (χ0) is 19.2. The standard InChI is InChI=1S/C20H22N4O3/c1-20(2,21)16-9-23-18(26)15-7-11-5-6-22-19(13(11)8-14(15)16)27-10-12-3-4-17(25)24-12/h5-9,12H,3-4,10,21H2,1-2H3,(H,23,26)(H,24,25). The van der Waals surface area contributed by atoms with Gasteiger partial charge in [0.1, 0.15) is 6.61 Å². The fraction of sp³-hybridized carbons (Fsp3) is 0.350. The van der Waals surface area contributed by atoms with E-state index in [1.165, 1.54) is 0 Å². The van der Waals surface area contributed by atoms with E-state index >= 15 is 0 Å². The van der Waals surface area contributed by atoms with E-state index in [0.29, 0.717) is 24.3 Å². The van der Waals surface area contributed by atoms with Gasteiger partial charge in [-0.25, -0.2) is 4.98 Å². The molecule has 1 aliphatic heterocycles. The molecule has 140 valence electrons. The number of nitrogens with one attached hydrogen (secondary N) is 2. The number of hydrogen-bond acceptors (Lipinski definition) is 5. The highest BCUT2D eigenvalue weighted by atomic mass is 16.5. The van der Waals surface area contributed by atoms with Crippen LogP contribution in [0.25, 0.3) is 21.5 Å². The molecule has 0 aliphatic carbocycles. The van der Waals surface area contributed by atoms with Crippen molar-refractivity contribution >= 4 is 27.5 Å². The molecule has 3 aromatic rings. The monoisotopic (exact) mass is 366 g/mol. The lowest BCUT2D eigenvalue weighted by Gasteiger charge is -2.21. The molecule has 3 heterocycles. The second kappa shape index (κ2) is 6.35. The zero-order valence-corrected chi connectivity index (χ0v) is 15.3. The van der Waals surface area contributed by atoms with Gasteiger partial charge in [0, 0.05) is 35.1 Å². The lowest BCUT2D eigenvalue weighted by molar-refractivity contribution is -0.119. The average Bonchev–Trinajstić information content (AvgIpc) is 3.03. The molecule has 1 amide bonds. The number of pyridine rings is 2. The van der Waals surface area contributed by atoms with E-state index in [0.717, 1.165) is 28.1 Å². The maximum Gasteiger partial charge on any atom is 0.255 e. The molecule has 1 aliphatic rings. The summed E-state index contributed by atoms with van der Waals surface area (Å²) in [4.78, 5) is 30.8.